The average Bonchev–Trinajstić information content (AvgIpc) is 3.07. The van der Waals surface area contributed by atoms with Gasteiger partial charge in [0.25, 0.3) is 5.91 Å². The van der Waals surface area contributed by atoms with Crippen molar-refractivity contribution in [2.45, 2.75) is 38.1 Å². The quantitative estimate of drug-likeness (QED) is 0.660. The maximum absolute atomic E-state index is 13.2. The van der Waals surface area contributed by atoms with Gasteiger partial charge in [-0.05, 0) is 48.8 Å². The van der Waals surface area contributed by atoms with Gasteiger partial charge in [-0.15, -0.1) is 0 Å². The topological polar surface area (TPSA) is 84.3 Å². The number of piperidine rings is 1. The van der Waals surface area contributed by atoms with Crippen LogP contribution in [0.3, 0.4) is 0 Å². The van der Waals surface area contributed by atoms with E-state index in [0.717, 1.165) is 29.2 Å². The van der Waals surface area contributed by atoms with E-state index in [0.29, 0.717) is 36.9 Å². The van der Waals surface area contributed by atoms with E-state index in [4.69, 9.17) is 0 Å². The highest BCUT2D eigenvalue weighted by molar-refractivity contribution is 7.89. The zero-order chi connectivity index (χ0) is 22.2. The second-order valence-electron chi connectivity index (χ2n) is 8.32. The fourth-order valence-electron chi connectivity index (χ4n) is 4.12. The number of pyridine rings is 1. The highest BCUT2D eigenvalue weighted by atomic mass is 32.2. The third kappa shape index (κ3) is 4.09. The molecule has 0 atom stereocenters. The van der Waals surface area contributed by atoms with Crippen molar-refractivity contribution in [3.8, 4) is 0 Å². The van der Waals surface area contributed by atoms with Crippen molar-refractivity contribution in [3.05, 3.63) is 59.7 Å². The number of carbonyl (C=O) groups excluding carboxylic acids is 1. The number of benzene rings is 1. The predicted molar refractivity (Wildman–Crippen MR) is 120 cm³/mol. The van der Waals surface area contributed by atoms with Crippen LogP contribution in [0, 0.1) is 12.8 Å². The van der Waals surface area contributed by atoms with E-state index in [2.05, 4.69) is 17.2 Å². The molecule has 1 N–H and O–H groups in total. The van der Waals surface area contributed by atoms with E-state index in [1.54, 1.807) is 35.2 Å². The molecule has 1 aromatic carbocycles. The molecule has 164 valence electrons. The van der Waals surface area contributed by atoms with Crippen molar-refractivity contribution in [3.63, 3.8) is 0 Å². The van der Waals surface area contributed by atoms with Gasteiger partial charge in [-0.2, -0.15) is 4.31 Å². The first-order chi connectivity index (χ1) is 14.8. The summed E-state index contributed by atoms with van der Waals surface area (Å²) < 4.78 is 29.6. The van der Waals surface area contributed by atoms with Gasteiger partial charge < -0.3 is 9.88 Å². The summed E-state index contributed by atoms with van der Waals surface area (Å²) in [5.74, 6) is 0.236. The number of nitrogens with zero attached hydrogens (tertiary/aromatic N) is 3. The van der Waals surface area contributed by atoms with Crippen molar-refractivity contribution in [1.29, 1.82) is 0 Å². The monoisotopic (exact) mass is 440 g/mol. The van der Waals surface area contributed by atoms with Crippen LogP contribution >= 0.6 is 0 Å². The van der Waals surface area contributed by atoms with Gasteiger partial charge in [0.1, 0.15) is 10.6 Å². The number of rotatable bonds is 5. The molecule has 0 bridgehead atoms. The Morgan fingerprint density at radius 2 is 1.97 bits per heavy atom. The molecule has 3 heterocycles. The SMILES string of the molecule is Cc1c(S(=O)(=O)N2CCC(C)CC2)cc(C(=O)NCc2cccc3cnccc23)n1C. The van der Waals surface area contributed by atoms with Crippen molar-refractivity contribution in [2.24, 2.45) is 13.0 Å². The van der Waals surface area contributed by atoms with Crippen LogP contribution in [-0.2, 0) is 23.6 Å². The third-order valence-electron chi connectivity index (χ3n) is 6.29. The minimum Gasteiger partial charge on any atom is -0.347 e. The first-order valence-corrected chi connectivity index (χ1v) is 12.0. The van der Waals surface area contributed by atoms with Crippen molar-refractivity contribution in [2.75, 3.05) is 13.1 Å². The smallest absolute Gasteiger partial charge is 0.268 e. The lowest BCUT2D eigenvalue weighted by Gasteiger charge is -2.29. The Morgan fingerprint density at radius 1 is 1.23 bits per heavy atom. The molecule has 8 heteroatoms. The Morgan fingerprint density at radius 3 is 2.71 bits per heavy atom. The normalized spacial score (nSPS) is 16.0. The van der Waals surface area contributed by atoms with Crippen molar-refractivity contribution < 1.29 is 13.2 Å². The van der Waals surface area contributed by atoms with Crippen LogP contribution < -0.4 is 5.32 Å². The molecule has 4 rings (SSSR count). The van der Waals surface area contributed by atoms with Crippen molar-refractivity contribution >= 4 is 26.7 Å². The molecule has 3 aromatic rings. The predicted octanol–water partition coefficient (Wildman–Crippen LogP) is 3.23. The number of fused-ring (bicyclic) bond motifs is 1. The standard InChI is InChI=1S/C23H28N4O3S/c1-16-8-11-27(12-9-16)31(29,30)22-13-21(26(3)17(22)2)23(28)25-15-19-6-4-5-18-14-24-10-7-20(18)19/h4-7,10,13-14,16H,8-9,11-12,15H2,1-3H3,(H,25,28). The van der Waals surface area contributed by atoms with Gasteiger partial charge in [-0.1, -0.05) is 25.1 Å². The molecule has 31 heavy (non-hydrogen) atoms. The largest absolute Gasteiger partial charge is 0.347 e. The van der Waals surface area contributed by atoms with Crippen LogP contribution in [0.4, 0.5) is 0 Å². The highest BCUT2D eigenvalue weighted by Gasteiger charge is 2.32. The van der Waals surface area contributed by atoms with Crippen molar-refractivity contribution in [1.82, 2.24) is 19.2 Å². The molecule has 1 amide bonds. The molecule has 0 saturated carbocycles. The van der Waals surface area contributed by atoms with Gasteiger partial charge in [-0.3, -0.25) is 9.78 Å². The number of hydrogen-bond donors (Lipinski definition) is 1. The summed E-state index contributed by atoms with van der Waals surface area (Å²) in [5, 5.41) is 4.98. The Bertz CT molecular complexity index is 1220. The van der Waals surface area contributed by atoms with Gasteiger partial charge in [0.15, 0.2) is 0 Å². The Kier molecular flexibility index (Phi) is 5.85. The second kappa shape index (κ2) is 8.43. The molecule has 1 saturated heterocycles. The summed E-state index contributed by atoms with van der Waals surface area (Å²) in [6, 6.07) is 9.31. The lowest BCUT2D eigenvalue weighted by Crippen LogP contribution is -2.38. The fraction of sp³-hybridized carbons (Fsp3) is 0.391. The summed E-state index contributed by atoms with van der Waals surface area (Å²) in [6.07, 6.45) is 5.24. The summed E-state index contributed by atoms with van der Waals surface area (Å²) in [5.41, 5.74) is 1.89. The second-order valence-corrected chi connectivity index (χ2v) is 10.2. The highest BCUT2D eigenvalue weighted by Crippen LogP contribution is 2.27. The van der Waals surface area contributed by atoms with E-state index < -0.39 is 10.0 Å². The van der Waals surface area contributed by atoms with E-state index in [9.17, 15) is 13.2 Å². The molecule has 0 aliphatic carbocycles. The third-order valence-corrected chi connectivity index (χ3v) is 8.31. The fourth-order valence-corrected chi connectivity index (χ4v) is 5.87. The van der Waals surface area contributed by atoms with Crippen LogP contribution in [0.5, 0.6) is 0 Å². The van der Waals surface area contributed by atoms with Crippen LogP contribution in [0.2, 0.25) is 0 Å². The summed E-state index contributed by atoms with van der Waals surface area (Å²) >= 11 is 0. The number of carbonyl (C=O) groups is 1. The van der Waals surface area contributed by atoms with Gasteiger partial charge in [0.05, 0.1) is 0 Å². The zero-order valence-corrected chi connectivity index (χ0v) is 18.9. The van der Waals surface area contributed by atoms with Crippen LogP contribution in [0.15, 0.2) is 47.6 Å². The Labute approximate surface area is 183 Å². The molecular weight excluding hydrogens is 412 g/mol. The molecule has 1 aliphatic rings. The van der Waals surface area contributed by atoms with Gasteiger partial charge in [-0.25, -0.2) is 8.42 Å². The van der Waals surface area contributed by atoms with Gasteiger partial charge in [0, 0.05) is 50.2 Å². The maximum Gasteiger partial charge on any atom is 0.268 e. The van der Waals surface area contributed by atoms with E-state index in [-0.39, 0.29) is 10.8 Å². The maximum atomic E-state index is 13.2. The van der Waals surface area contributed by atoms with Crippen LogP contribution in [0.1, 0.15) is 41.5 Å². The molecule has 1 aliphatic heterocycles. The number of hydrogen-bond acceptors (Lipinski definition) is 4. The molecule has 0 radical (unpaired) electrons. The zero-order valence-electron chi connectivity index (χ0n) is 18.1. The minimum absolute atomic E-state index is 0.214. The average molecular weight is 441 g/mol. The Balaban J connectivity index is 1.55. The van der Waals surface area contributed by atoms with E-state index >= 15 is 0 Å². The molecule has 0 unspecified atom stereocenters. The van der Waals surface area contributed by atoms with E-state index in [1.807, 2.05) is 24.3 Å². The number of amides is 1. The number of aromatic nitrogens is 2. The van der Waals surface area contributed by atoms with Crippen LogP contribution in [-0.4, -0.2) is 41.3 Å². The first kappa shape index (κ1) is 21.5. The van der Waals surface area contributed by atoms with Crippen LogP contribution in [0.25, 0.3) is 10.8 Å². The lowest BCUT2D eigenvalue weighted by molar-refractivity contribution is 0.0942. The molecule has 1 fully saturated rings. The number of sulfonamides is 1. The Hall–Kier alpha value is -2.71. The molecule has 7 nitrogen and oxygen atoms in total. The molecular formula is C23H28N4O3S. The summed E-state index contributed by atoms with van der Waals surface area (Å²) in [7, 11) is -1.89. The van der Waals surface area contributed by atoms with E-state index in [1.165, 1.54) is 6.07 Å². The summed E-state index contributed by atoms with van der Waals surface area (Å²) in [4.78, 5) is 17.3. The summed E-state index contributed by atoms with van der Waals surface area (Å²) in [6.45, 7) is 5.28. The lowest BCUT2D eigenvalue weighted by atomic mass is 10.0. The first-order valence-electron chi connectivity index (χ1n) is 10.6. The van der Waals surface area contributed by atoms with Gasteiger partial charge >= 0.3 is 0 Å². The van der Waals surface area contributed by atoms with Gasteiger partial charge in [0.2, 0.25) is 10.0 Å². The minimum atomic E-state index is -3.62. The number of nitrogens with one attached hydrogen (secondary N) is 1. The molecule has 0 spiro atoms. The molecule has 2 aromatic heterocycles.